The van der Waals surface area contributed by atoms with Gasteiger partial charge in [0.2, 0.25) is 5.91 Å². The lowest BCUT2D eigenvalue weighted by atomic mass is 10.2. The van der Waals surface area contributed by atoms with E-state index in [0.717, 1.165) is 29.9 Å². The Kier molecular flexibility index (Phi) is 2.40. The topological polar surface area (TPSA) is 57.8 Å². The molecule has 1 saturated carbocycles. The van der Waals surface area contributed by atoms with Crippen molar-refractivity contribution >= 4 is 11.6 Å². The van der Waals surface area contributed by atoms with Gasteiger partial charge in [0.05, 0.1) is 0 Å². The van der Waals surface area contributed by atoms with Crippen molar-refractivity contribution in [1.29, 1.82) is 0 Å². The molecule has 0 spiro atoms. The SMILES string of the molecule is O=C(Nc1ccc(-c2ncc[nH]2)cc1)C1CC1. The van der Waals surface area contributed by atoms with Crippen LogP contribution in [0, 0.1) is 5.92 Å². The molecule has 17 heavy (non-hydrogen) atoms. The van der Waals surface area contributed by atoms with Gasteiger partial charge in [0.1, 0.15) is 5.82 Å². The fourth-order valence-electron chi connectivity index (χ4n) is 1.72. The van der Waals surface area contributed by atoms with Gasteiger partial charge in [0, 0.05) is 29.6 Å². The van der Waals surface area contributed by atoms with Gasteiger partial charge in [-0.05, 0) is 37.1 Å². The molecule has 0 aliphatic heterocycles. The number of H-pyrrole nitrogens is 1. The van der Waals surface area contributed by atoms with Crippen molar-refractivity contribution < 1.29 is 4.79 Å². The number of anilines is 1. The first-order valence-corrected chi connectivity index (χ1v) is 5.73. The third-order valence-corrected chi connectivity index (χ3v) is 2.87. The molecule has 4 heteroatoms. The predicted molar refractivity (Wildman–Crippen MR) is 65.4 cm³/mol. The van der Waals surface area contributed by atoms with Crippen molar-refractivity contribution in [2.45, 2.75) is 12.8 Å². The number of carbonyl (C=O) groups is 1. The fourth-order valence-corrected chi connectivity index (χ4v) is 1.72. The Hall–Kier alpha value is -2.10. The molecule has 1 aromatic carbocycles. The van der Waals surface area contributed by atoms with Gasteiger partial charge in [-0.1, -0.05) is 0 Å². The first-order chi connectivity index (χ1) is 8.33. The highest BCUT2D eigenvalue weighted by Crippen LogP contribution is 2.30. The summed E-state index contributed by atoms with van der Waals surface area (Å²) in [4.78, 5) is 18.8. The highest BCUT2D eigenvalue weighted by Gasteiger charge is 2.29. The van der Waals surface area contributed by atoms with Crippen molar-refractivity contribution in [1.82, 2.24) is 9.97 Å². The summed E-state index contributed by atoms with van der Waals surface area (Å²) in [7, 11) is 0. The summed E-state index contributed by atoms with van der Waals surface area (Å²) < 4.78 is 0. The Morgan fingerprint density at radius 2 is 2.06 bits per heavy atom. The average molecular weight is 227 g/mol. The zero-order valence-electron chi connectivity index (χ0n) is 9.31. The zero-order valence-corrected chi connectivity index (χ0v) is 9.31. The number of imidazole rings is 1. The maximum atomic E-state index is 11.6. The van der Waals surface area contributed by atoms with E-state index >= 15 is 0 Å². The first-order valence-electron chi connectivity index (χ1n) is 5.73. The summed E-state index contributed by atoms with van der Waals surface area (Å²) in [5.74, 6) is 1.21. The number of carbonyl (C=O) groups excluding carboxylic acids is 1. The number of aromatic amines is 1. The van der Waals surface area contributed by atoms with E-state index in [4.69, 9.17) is 0 Å². The van der Waals surface area contributed by atoms with E-state index in [-0.39, 0.29) is 11.8 Å². The molecule has 86 valence electrons. The molecule has 4 nitrogen and oxygen atoms in total. The monoisotopic (exact) mass is 227 g/mol. The molecule has 1 fully saturated rings. The molecule has 0 bridgehead atoms. The number of benzene rings is 1. The number of hydrogen-bond donors (Lipinski definition) is 2. The molecule has 2 aromatic rings. The molecule has 1 aliphatic carbocycles. The van der Waals surface area contributed by atoms with Crippen LogP contribution in [0.5, 0.6) is 0 Å². The number of nitrogens with zero attached hydrogens (tertiary/aromatic N) is 1. The summed E-state index contributed by atoms with van der Waals surface area (Å²) in [6, 6.07) is 7.69. The Morgan fingerprint density at radius 3 is 2.65 bits per heavy atom. The number of hydrogen-bond acceptors (Lipinski definition) is 2. The van der Waals surface area contributed by atoms with Crippen LogP contribution in [0.25, 0.3) is 11.4 Å². The van der Waals surface area contributed by atoms with Crippen LogP contribution < -0.4 is 5.32 Å². The van der Waals surface area contributed by atoms with E-state index in [1.807, 2.05) is 24.3 Å². The van der Waals surface area contributed by atoms with Gasteiger partial charge in [-0.25, -0.2) is 4.98 Å². The molecule has 0 saturated heterocycles. The van der Waals surface area contributed by atoms with Gasteiger partial charge >= 0.3 is 0 Å². The Morgan fingerprint density at radius 1 is 1.29 bits per heavy atom. The van der Waals surface area contributed by atoms with E-state index in [1.54, 1.807) is 12.4 Å². The lowest BCUT2D eigenvalue weighted by Crippen LogP contribution is -2.12. The summed E-state index contributed by atoms with van der Waals surface area (Å²) in [5, 5.41) is 2.91. The van der Waals surface area contributed by atoms with Crippen LogP contribution in [0.15, 0.2) is 36.7 Å². The van der Waals surface area contributed by atoms with Crippen LogP contribution in [0.2, 0.25) is 0 Å². The van der Waals surface area contributed by atoms with Gasteiger partial charge < -0.3 is 10.3 Å². The molecule has 3 rings (SSSR count). The third kappa shape index (κ3) is 2.20. The molecule has 0 unspecified atom stereocenters. The number of amides is 1. The summed E-state index contributed by atoms with van der Waals surface area (Å²) in [6.07, 6.45) is 5.56. The van der Waals surface area contributed by atoms with Crippen LogP contribution in [-0.4, -0.2) is 15.9 Å². The van der Waals surface area contributed by atoms with E-state index in [1.165, 1.54) is 0 Å². The zero-order chi connectivity index (χ0) is 11.7. The fraction of sp³-hybridized carbons (Fsp3) is 0.231. The van der Waals surface area contributed by atoms with Crippen LogP contribution >= 0.6 is 0 Å². The quantitative estimate of drug-likeness (QED) is 0.846. The molecule has 1 heterocycles. The largest absolute Gasteiger partial charge is 0.345 e. The van der Waals surface area contributed by atoms with Crippen LogP contribution in [-0.2, 0) is 4.79 Å². The highest BCUT2D eigenvalue weighted by molar-refractivity contribution is 5.94. The minimum atomic E-state index is 0.135. The molecule has 2 N–H and O–H groups in total. The van der Waals surface area contributed by atoms with Gasteiger partial charge in [-0.2, -0.15) is 0 Å². The van der Waals surface area contributed by atoms with Crippen LogP contribution in [0.3, 0.4) is 0 Å². The van der Waals surface area contributed by atoms with Crippen molar-refractivity contribution in [3.63, 3.8) is 0 Å². The molecular weight excluding hydrogens is 214 g/mol. The van der Waals surface area contributed by atoms with E-state index in [0.29, 0.717) is 0 Å². The smallest absolute Gasteiger partial charge is 0.227 e. The summed E-state index contributed by atoms with van der Waals surface area (Å²) in [5.41, 5.74) is 1.86. The predicted octanol–water partition coefficient (Wildman–Crippen LogP) is 2.43. The number of nitrogens with one attached hydrogen (secondary N) is 2. The molecule has 1 amide bonds. The van der Waals surface area contributed by atoms with E-state index in [2.05, 4.69) is 15.3 Å². The second kappa shape index (κ2) is 4.05. The lowest BCUT2D eigenvalue weighted by Gasteiger charge is -2.04. The molecule has 0 atom stereocenters. The normalized spacial score (nSPS) is 14.6. The van der Waals surface area contributed by atoms with Gasteiger partial charge in [0.25, 0.3) is 0 Å². The van der Waals surface area contributed by atoms with Gasteiger partial charge in [-0.15, -0.1) is 0 Å². The maximum Gasteiger partial charge on any atom is 0.227 e. The Balaban J connectivity index is 1.73. The second-order valence-electron chi connectivity index (χ2n) is 4.28. The summed E-state index contributed by atoms with van der Waals surface area (Å²) in [6.45, 7) is 0. The maximum absolute atomic E-state index is 11.6. The van der Waals surface area contributed by atoms with Crippen molar-refractivity contribution in [2.75, 3.05) is 5.32 Å². The second-order valence-corrected chi connectivity index (χ2v) is 4.28. The molecule has 0 radical (unpaired) electrons. The summed E-state index contributed by atoms with van der Waals surface area (Å²) >= 11 is 0. The number of rotatable bonds is 3. The first kappa shape index (κ1) is 10.1. The van der Waals surface area contributed by atoms with E-state index < -0.39 is 0 Å². The number of aromatic nitrogens is 2. The lowest BCUT2D eigenvalue weighted by molar-refractivity contribution is -0.117. The molecular formula is C13H13N3O. The Labute approximate surface area is 99.1 Å². The third-order valence-electron chi connectivity index (χ3n) is 2.87. The Bertz CT molecular complexity index is 512. The van der Waals surface area contributed by atoms with Crippen LogP contribution in [0.1, 0.15) is 12.8 Å². The molecule has 1 aliphatic rings. The van der Waals surface area contributed by atoms with E-state index in [9.17, 15) is 4.79 Å². The van der Waals surface area contributed by atoms with Gasteiger partial charge in [-0.3, -0.25) is 4.79 Å². The molecule has 1 aromatic heterocycles. The van der Waals surface area contributed by atoms with Crippen molar-refractivity contribution in [2.24, 2.45) is 5.92 Å². The average Bonchev–Trinajstić information content (AvgIpc) is 3.07. The minimum absolute atomic E-state index is 0.135. The van der Waals surface area contributed by atoms with Crippen LogP contribution in [0.4, 0.5) is 5.69 Å². The highest BCUT2D eigenvalue weighted by atomic mass is 16.2. The van der Waals surface area contributed by atoms with Crippen molar-refractivity contribution in [3.05, 3.63) is 36.7 Å². The standard InChI is InChI=1S/C13H13N3O/c17-13(10-1-2-10)16-11-5-3-9(4-6-11)12-14-7-8-15-12/h3-8,10H,1-2H2,(H,14,15)(H,16,17). The van der Waals surface area contributed by atoms with Crippen molar-refractivity contribution in [3.8, 4) is 11.4 Å². The minimum Gasteiger partial charge on any atom is -0.345 e. The van der Waals surface area contributed by atoms with Gasteiger partial charge in [0.15, 0.2) is 0 Å².